The van der Waals surface area contributed by atoms with Gasteiger partial charge in [-0.2, -0.15) is 0 Å². The van der Waals surface area contributed by atoms with E-state index >= 15 is 0 Å². The van der Waals surface area contributed by atoms with E-state index < -0.39 is 6.10 Å². The van der Waals surface area contributed by atoms with Gasteiger partial charge >= 0.3 is 0 Å². The fraction of sp³-hybridized carbons (Fsp3) is 0.200. The number of aliphatic hydroxyl groups is 1. The van der Waals surface area contributed by atoms with Gasteiger partial charge in [-0.3, -0.25) is 9.97 Å². The minimum absolute atomic E-state index is 0.573. The topological polar surface area (TPSA) is 55.2 Å². The van der Waals surface area contributed by atoms with E-state index in [2.05, 4.69) is 9.97 Å². The molecule has 0 saturated carbocycles. The maximum absolute atomic E-state index is 10.5. The van der Waals surface area contributed by atoms with Crippen LogP contribution in [0, 0.1) is 0 Å². The summed E-state index contributed by atoms with van der Waals surface area (Å²) in [5, 5.41) is 12.4. The van der Waals surface area contributed by atoms with E-state index in [1.165, 1.54) is 0 Å². The zero-order valence-corrected chi connectivity index (χ0v) is 11.8. The lowest BCUT2D eigenvalue weighted by Gasteiger charge is -2.12. The van der Waals surface area contributed by atoms with Crippen LogP contribution in [-0.4, -0.2) is 21.7 Å². The summed E-state index contributed by atoms with van der Waals surface area (Å²) in [6.45, 7) is 2.49. The van der Waals surface area contributed by atoms with Gasteiger partial charge in [0.05, 0.1) is 23.0 Å². The van der Waals surface area contributed by atoms with Gasteiger partial charge in [0.15, 0.2) is 0 Å². The van der Waals surface area contributed by atoms with Gasteiger partial charge < -0.3 is 9.84 Å². The van der Waals surface area contributed by atoms with Crippen LogP contribution < -0.4 is 4.74 Å². The first-order valence-electron chi connectivity index (χ1n) is 6.37. The van der Waals surface area contributed by atoms with Crippen molar-refractivity contribution in [3.8, 4) is 5.75 Å². The highest BCUT2D eigenvalue weighted by Crippen LogP contribution is 2.27. The Kier molecular flexibility index (Phi) is 3.62. The Balaban J connectivity index is 1.94. The molecule has 0 radical (unpaired) electrons. The number of thiophene rings is 1. The maximum Gasteiger partial charge on any atom is 0.137 e. The molecule has 0 aromatic carbocycles. The van der Waals surface area contributed by atoms with Gasteiger partial charge in [-0.05, 0) is 30.5 Å². The van der Waals surface area contributed by atoms with Crippen LogP contribution >= 0.6 is 11.3 Å². The Morgan fingerprint density at radius 3 is 2.95 bits per heavy atom. The molecule has 5 heteroatoms. The molecule has 0 aliphatic heterocycles. The second kappa shape index (κ2) is 5.56. The van der Waals surface area contributed by atoms with Crippen molar-refractivity contribution in [1.29, 1.82) is 0 Å². The third-order valence-corrected chi connectivity index (χ3v) is 3.85. The van der Waals surface area contributed by atoms with Crippen molar-refractivity contribution < 1.29 is 9.84 Å². The van der Waals surface area contributed by atoms with E-state index in [1.54, 1.807) is 36.0 Å². The van der Waals surface area contributed by atoms with Crippen LogP contribution in [-0.2, 0) is 0 Å². The molecule has 0 fully saturated rings. The predicted molar refractivity (Wildman–Crippen MR) is 79.1 cm³/mol. The smallest absolute Gasteiger partial charge is 0.137 e. The lowest BCUT2D eigenvalue weighted by Crippen LogP contribution is -2.02. The monoisotopic (exact) mass is 286 g/mol. The molecular formula is C15H14N2O2S. The highest BCUT2D eigenvalue weighted by Gasteiger charge is 2.13. The van der Waals surface area contributed by atoms with Crippen LogP contribution in [0.5, 0.6) is 5.75 Å². The van der Waals surface area contributed by atoms with Crippen LogP contribution in [0.15, 0.2) is 42.2 Å². The predicted octanol–water partition coefficient (Wildman–Crippen LogP) is 3.17. The Morgan fingerprint density at radius 1 is 1.25 bits per heavy atom. The first-order chi connectivity index (χ1) is 9.78. The van der Waals surface area contributed by atoms with Crippen molar-refractivity contribution >= 4 is 21.6 Å². The molecule has 4 nitrogen and oxygen atoms in total. The average molecular weight is 286 g/mol. The molecule has 0 bridgehead atoms. The van der Waals surface area contributed by atoms with E-state index in [1.807, 2.05) is 24.4 Å². The number of ether oxygens (including phenoxy) is 1. The van der Waals surface area contributed by atoms with Gasteiger partial charge in [-0.25, -0.2) is 0 Å². The first kappa shape index (κ1) is 13.0. The summed E-state index contributed by atoms with van der Waals surface area (Å²) in [6, 6.07) is 5.73. The summed E-state index contributed by atoms with van der Waals surface area (Å²) in [7, 11) is 0. The molecular weight excluding hydrogens is 272 g/mol. The second-order valence-electron chi connectivity index (χ2n) is 4.36. The second-order valence-corrected chi connectivity index (χ2v) is 5.31. The largest absolute Gasteiger partial charge is 0.492 e. The average Bonchev–Trinajstić information content (AvgIpc) is 2.94. The van der Waals surface area contributed by atoms with E-state index in [0.29, 0.717) is 17.9 Å². The van der Waals surface area contributed by atoms with Gasteiger partial charge in [-0.1, -0.05) is 0 Å². The third-order valence-electron chi connectivity index (χ3n) is 3.00. The summed E-state index contributed by atoms with van der Waals surface area (Å²) in [4.78, 5) is 8.44. The van der Waals surface area contributed by atoms with Crippen molar-refractivity contribution in [2.45, 2.75) is 13.0 Å². The summed E-state index contributed by atoms with van der Waals surface area (Å²) < 4.78 is 6.47. The maximum atomic E-state index is 10.5. The molecule has 3 rings (SSSR count). The van der Waals surface area contributed by atoms with E-state index in [9.17, 15) is 5.11 Å². The summed E-state index contributed by atoms with van der Waals surface area (Å²) in [5.74, 6) is 0.661. The molecule has 0 spiro atoms. The molecule has 0 aliphatic carbocycles. The number of fused-ring (bicyclic) bond motifs is 1. The number of hydrogen-bond donors (Lipinski definition) is 1. The summed E-state index contributed by atoms with van der Waals surface area (Å²) in [6.07, 6.45) is 4.24. The van der Waals surface area contributed by atoms with Crippen molar-refractivity contribution in [2.24, 2.45) is 0 Å². The Bertz CT molecular complexity index is 726. The molecule has 3 aromatic rings. The lowest BCUT2D eigenvalue weighted by atomic mass is 10.0. The lowest BCUT2D eigenvalue weighted by molar-refractivity contribution is 0.218. The standard InChI is InChI=1S/C15H14N2O2S/c1-2-19-12-5-10(7-16-9-12)15(18)11-6-14-13(17-8-11)3-4-20-14/h3-9,15,18H,2H2,1H3. The molecule has 0 saturated heterocycles. The quantitative estimate of drug-likeness (QED) is 0.800. The minimum Gasteiger partial charge on any atom is -0.492 e. The normalized spacial score (nSPS) is 12.5. The number of pyridine rings is 2. The molecule has 1 unspecified atom stereocenters. The van der Waals surface area contributed by atoms with Gasteiger partial charge in [0.1, 0.15) is 11.9 Å². The Morgan fingerprint density at radius 2 is 2.10 bits per heavy atom. The zero-order valence-electron chi connectivity index (χ0n) is 11.0. The highest BCUT2D eigenvalue weighted by atomic mass is 32.1. The third kappa shape index (κ3) is 2.50. The van der Waals surface area contributed by atoms with E-state index in [0.717, 1.165) is 15.8 Å². The summed E-state index contributed by atoms with van der Waals surface area (Å²) in [5.41, 5.74) is 2.41. The molecule has 1 N–H and O–H groups in total. The van der Waals surface area contributed by atoms with Gasteiger partial charge in [0.25, 0.3) is 0 Å². The molecule has 1 atom stereocenters. The van der Waals surface area contributed by atoms with Gasteiger partial charge in [-0.15, -0.1) is 11.3 Å². The Labute approximate surface area is 120 Å². The zero-order chi connectivity index (χ0) is 13.9. The molecule has 0 aliphatic rings. The van der Waals surface area contributed by atoms with Crippen molar-refractivity contribution in [3.63, 3.8) is 0 Å². The number of aromatic nitrogens is 2. The molecule has 102 valence electrons. The number of hydrogen-bond acceptors (Lipinski definition) is 5. The van der Waals surface area contributed by atoms with Crippen LogP contribution in [0.1, 0.15) is 24.2 Å². The highest BCUT2D eigenvalue weighted by molar-refractivity contribution is 7.17. The molecule has 3 heterocycles. The van der Waals surface area contributed by atoms with E-state index in [4.69, 9.17) is 4.74 Å². The van der Waals surface area contributed by atoms with Crippen molar-refractivity contribution in [1.82, 2.24) is 9.97 Å². The SMILES string of the molecule is CCOc1cncc(C(O)c2cnc3ccsc3c2)c1. The minimum atomic E-state index is -0.748. The van der Waals surface area contributed by atoms with Crippen molar-refractivity contribution in [3.05, 3.63) is 53.3 Å². The van der Waals surface area contributed by atoms with Gasteiger partial charge in [0, 0.05) is 23.5 Å². The number of rotatable bonds is 4. The molecule has 3 aromatic heterocycles. The van der Waals surface area contributed by atoms with Gasteiger partial charge in [0.2, 0.25) is 0 Å². The fourth-order valence-corrected chi connectivity index (χ4v) is 2.82. The van der Waals surface area contributed by atoms with E-state index in [-0.39, 0.29) is 0 Å². The van der Waals surface area contributed by atoms with Crippen LogP contribution in [0.4, 0.5) is 0 Å². The first-order valence-corrected chi connectivity index (χ1v) is 7.25. The fourth-order valence-electron chi connectivity index (χ4n) is 2.03. The number of nitrogens with zero attached hydrogens (tertiary/aromatic N) is 2. The van der Waals surface area contributed by atoms with Crippen LogP contribution in [0.3, 0.4) is 0 Å². The number of aliphatic hydroxyl groups excluding tert-OH is 1. The summed E-state index contributed by atoms with van der Waals surface area (Å²) >= 11 is 1.61. The van der Waals surface area contributed by atoms with Crippen molar-refractivity contribution in [2.75, 3.05) is 6.61 Å². The van der Waals surface area contributed by atoms with Crippen LogP contribution in [0.25, 0.3) is 10.2 Å². The Hall–Kier alpha value is -1.98. The molecule has 0 amide bonds. The van der Waals surface area contributed by atoms with Crippen LogP contribution in [0.2, 0.25) is 0 Å². The molecule has 20 heavy (non-hydrogen) atoms.